The van der Waals surface area contributed by atoms with Crippen molar-refractivity contribution in [2.24, 2.45) is 0 Å². The third-order valence-electron chi connectivity index (χ3n) is 3.67. The van der Waals surface area contributed by atoms with Crippen molar-refractivity contribution in [3.8, 4) is 12.0 Å². The van der Waals surface area contributed by atoms with Gasteiger partial charge in [-0.05, 0) is 30.2 Å². The van der Waals surface area contributed by atoms with Crippen LogP contribution >= 0.6 is 0 Å². The normalized spacial score (nSPS) is 10.5. The summed E-state index contributed by atoms with van der Waals surface area (Å²) in [5.41, 5.74) is 3.34. The van der Waals surface area contributed by atoms with Crippen LogP contribution in [0.1, 0.15) is 5.56 Å². The molecule has 21 heavy (non-hydrogen) atoms. The Kier molecular flexibility index (Phi) is 2.73. The molecule has 1 heterocycles. The molecule has 3 aromatic carbocycles. The van der Waals surface area contributed by atoms with Gasteiger partial charge in [-0.2, -0.15) is 0 Å². The van der Waals surface area contributed by atoms with Crippen LogP contribution in [0.2, 0.25) is 0 Å². The Morgan fingerprint density at radius 3 is 1.71 bits per heavy atom. The molecule has 0 spiro atoms. The summed E-state index contributed by atoms with van der Waals surface area (Å²) in [6.45, 7) is 0. The summed E-state index contributed by atoms with van der Waals surface area (Å²) in [6, 6.07) is 30.2. The highest BCUT2D eigenvalue weighted by atomic mass is 14.9. The predicted molar refractivity (Wildman–Crippen MR) is 88.2 cm³/mol. The lowest BCUT2D eigenvalue weighted by molar-refractivity contribution is 1.26. The fourth-order valence-electron chi connectivity index (χ4n) is 2.68. The monoisotopic (exact) mass is 267 g/mol. The van der Waals surface area contributed by atoms with Crippen molar-refractivity contribution in [2.75, 3.05) is 0 Å². The lowest BCUT2D eigenvalue weighted by atomic mass is 10.2. The molecular weight excluding hydrogens is 254 g/mol. The second-order valence-electron chi connectivity index (χ2n) is 4.97. The van der Waals surface area contributed by atoms with Crippen LogP contribution in [0.3, 0.4) is 0 Å². The van der Waals surface area contributed by atoms with Crippen LogP contribution in [-0.4, -0.2) is 4.57 Å². The van der Waals surface area contributed by atoms with Crippen molar-refractivity contribution in [1.82, 2.24) is 4.57 Å². The molecule has 1 aromatic heterocycles. The third-order valence-corrected chi connectivity index (χ3v) is 3.67. The molecule has 0 N–H and O–H groups in total. The van der Waals surface area contributed by atoms with Gasteiger partial charge in [0.15, 0.2) is 0 Å². The maximum Gasteiger partial charge on any atom is 0.0625 e. The SMILES string of the molecule is C(#Cn1c2ccccc2c2ccccc21)c1ccccc1. The molecule has 0 amide bonds. The maximum atomic E-state index is 3.29. The number of fused-ring (bicyclic) bond motifs is 3. The van der Waals surface area contributed by atoms with E-state index in [-0.39, 0.29) is 0 Å². The summed E-state index contributed by atoms with van der Waals surface area (Å²) in [5.74, 6) is 3.24. The molecule has 98 valence electrons. The number of nitrogens with zero attached hydrogens (tertiary/aromatic N) is 1. The standard InChI is InChI=1S/C20H13N/c1-2-8-16(9-3-1)14-15-21-19-12-6-4-10-17(19)18-11-5-7-13-20(18)21/h1-13H. The summed E-state index contributed by atoms with van der Waals surface area (Å²) >= 11 is 0. The molecule has 1 nitrogen and oxygen atoms in total. The molecule has 0 unspecified atom stereocenters. The number of aromatic nitrogens is 1. The minimum Gasteiger partial charge on any atom is -0.268 e. The smallest absolute Gasteiger partial charge is 0.0625 e. The van der Waals surface area contributed by atoms with Crippen molar-refractivity contribution >= 4 is 21.8 Å². The highest BCUT2D eigenvalue weighted by Crippen LogP contribution is 2.27. The number of para-hydroxylation sites is 2. The highest BCUT2D eigenvalue weighted by molar-refractivity contribution is 6.08. The van der Waals surface area contributed by atoms with Crippen LogP contribution in [0.25, 0.3) is 21.8 Å². The van der Waals surface area contributed by atoms with Crippen LogP contribution in [0.15, 0.2) is 78.9 Å². The number of hydrogen-bond acceptors (Lipinski definition) is 0. The van der Waals surface area contributed by atoms with Crippen LogP contribution in [-0.2, 0) is 0 Å². The molecule has 0 radical (unpaired) electrons. The van der Waals surface area contributed by atoms with Crippen LogP contribution in [0.5, 0.6) is 0 Å². The van der Waals surface area contributed by atoms with Crippen molar-refractivity contribution in [3.63, 3.8) is 0 Å². The topological polar surface area (TPSA) is 4.93 Å². The third kappa shape index (κ3) is 1.98. The van der Waals surface area contributed by atoms with Crippen molar-refractivity contribution in [3.05, 3.63) is 84.4 Å². The first-order chi connectivity index (χ1) is 10.4. The van der Waals surface area contributed by atoms with Gasteiger partial charge in [0.05, 0.1) is 11.0 Å². The Morgan fingerprint density at radius 2 is 1.10 bits per heavy atom. The van der Waals surface area contributed by atoms with Crippen LogP contribution < -0.4 is 0 Å². The lowest BCUT2D eigenvalue weighted by Gasteiger charge is -1.96. The van der Waals surface area contributed by atoms with E-state index in [0.717, 1.165) is 16.6 Å². The molecule has 4 aromatic rings. The van der Waals surface area contributed by atoms with E-state index in [2.05, 4.69) is 65.1 Å². The van der Waals surface area contributed by atoms with E-state index in [4.69, 9.17) is 0 Å². The number of rotatable bonds is 0. The Labute approximate surface area is 123 Å². The minimum absolute atomic E-state index is 1.03. The largest absolute Gasteiger partial charge is 0.268 e. The predicted octanol–water partition coefficient (Wildman–Crippen LogP) is 4.65. The molecule has 0 aliphatic carbocycles. The minimum atomic E-state index is 1.03. The Balaban J connectivity index is 2.01. The first-order valence-electron chi connectivity index (χ1n) is 6.99. The van der Waals surface area contributed by atoms with E-state index >= 15 is 0 Å². The van der Waals surface area contributed by atoms with E-state index < -0.39 is 0 Å². The summed E-state index contributed by atoms with van der Waals surface area (Å²) in [5, 5.41) is 2.49. The molecular formula is C20H13N. The quantitative estimate of drug-likeness (QED) is 0.409. The van der Waals surface area contributed by atoms with Crippen LogP contribution in [0, 0.1) is 12.0 Å². The van der Waals surface area contributed by atoms with E-state index in [9.17, 15) is 0 Å². The van der Waals surface area contributed by atoms with Gasteiger partial charge in [-0.3, -0.25) is 4.57 Å². The van der Waals surface area contributed by atoms with E-state index in [1.165, 1.54) is 10.8 Å². The first-order valence-corrected chi connectivity index (χ1v) is 6.99. The maximum absolute atomic E-state index is 3.29. The highest BCUT2D eigenvalue weighted by Gasteiger charge is 2.07. The molecule has 1 heteroatoms. The number of benzene rings is 3. The summed E-state index contributed by atoms with van der Waals surface area (Å²) in [7, 11) is 0. The van der Waals surface area contributed by atoms with E-state index in [0.29, 0.717) is 0 Å². The Bertz CT molecular complexity index is 929. The van der Waals surface area contributed by atoms with Gasteiger partial charge in [-0.25, -0.2) is 0 Å². The van der Waals surface area contributed by atoms with Gasteiger partial charge in [-0.1, -0.05) is 54.6 Å². The fraction of sp³-hybridized carbons (Fsp3) is 0. The zero-order chi connectivity index (χ0) is 14.1. The van der Waals surface area contributed by atoms with Gasteiger partial charge in [0, 0.05) is 22.4 Å². The number of hydrogen-bond donors (Lipinski definition) is 0. The van der Waals surface area contributed by atoms with Gasteiger partial charge in [0.2, 0.25) is 0 Å². The molecule has 0 saturated heterocycles. The molecule has 0 atom stereocenters. The summed E-state index contributed by atoms with van der Waals surface area (Å²) < 4.78 is 2.08. The zero-order valence-corrected chi connectivity index (χ0v) is 11.5. The molecule has 0 fully saturated rings. The van der Waals surface area contributed by atoms with Gasteiger partial charge in [0.25, 0.3) is 0 Å². The van der Waals surface area contributed by atoms with E-state index in [1.54, 1.807) is 0 Å². The Morgan fingerprint density at radius 1 is 0.571 bits per heavy atom. The summed E-state index contributed by atoms with van der Waals surface area (Å²) in [6.07, 6.45) is 0. The lowest BCUT2D eigenvalue weighted by Crippen LogP contribution is -1.87. The molecule has 0 aliphatic heterocycles. The first kappa shape index (κ1) is 11.8. The molecule has 0 bridgehead atoms. The Hall–Kier alpha value is -2.98. The van der Waals surface area contributed by atoms with Crippen molar-refractivity contribution in [2.45, 2.75) is 0 Å². The second kappa shape index (κ2) is 4.85. The van der Waals surface area contributed by atoms with Gasteiger partial charge >= 0.3 is 0 Å². The van der Waals surface area contributed by atoms with Gasteiger partial charge in [0.1, 0.15) is 0 Å². The van der Waals surface area contributed by atoms with Gasteiger partial charge in [-0.15, -0.1) is 0 Å². The second-order valence-corrected chi connectivity index (χ2v) is 4.97. The fourth-order valence-corrected chi connectivity index (χ4v) is 2.68. The average Bonchev–Trinajstić information content (AvgIpc) is 2.88. The summed E-state index contributed by atoms with van der Waals surface area (Å²) in [4.78, 5) is 0. The van der Waals surface area contributed by atoms with E-state index in [1.807, 2.05) is 30.3 Å². The van der Waals surface area contributed by atoms with Gasteiger partial charge < -0.3 is 0 Å². The molecule has 0 aliphatic rings. The molecule has 0 saturated carbocycles. The molecule has 4 rings (SSSR count). The van der Waals surface area contributed by atoms with Crippen molar-refractivity contribution in [1.29, 1.82) is 0 Å². The zero-order valence-electron chi connectivity index (χ0n) is 11.5. The van der Waals surface area contributed by atoms with Crippen molar-refractivity contribution < 1.29 is 0 Å². The van der Waals surface area contributed by atoms with Crippen LogP contribution in [0.4, 0.5) is 0 Å². The average molecular weight is 267 g/mol.